The highest BCUT2D eigenvalue weighted by atomic mass is 32.2. The van der Waals surface area contributed by atoms with E-state index in [1.54, 1.807) is 66.7 Å². The second-order valence-electron chi connectivity index (χ2n) is 9.78. The monoisotopic (exact) mass is 540 g/mol. The summed E-state index contributed by atoms with van der Waals surface area (Å²) in [4.78, 5) is 0.375. The van der Waals surface area contributed by atoms with E-state index in [1.165, 1.54) is 20.7 Å². The molecular formula is C28H29FN2O4S2. The molecule has 3 aromatic carbocycles. The Bertz CT molecular complexity index is 1520. The van der Waals surface area contributed by atoms with Gasteiger partial charge in [0.2, 0.25) is 20.0 Å². The number of sulfonamides is 2. The Labute approximate surface area is 218 Å². The summed E-state index contributed by atoms with van der Waals surface area (Å²) in [5.41, 5.74) is 2.53. The van der Waals surface area contributed by atoms with Crippen molar-refractivity contribution in [3.05, 3.63) is 107 Å². The molecule has 3 atom stereocenters. The number of hydrogen-bond donors (Lipinski definition) is 0. The van der Waals surface area contributed by atoms with E-state index < -0.39 is 31.9 Å². The smallest absolute Gasteiger partial charge is 0.207 e. The summed E-state index contributed by atoms with van der Waals surface area (Å²) in [6.07, 6.45) is 3.73. The number of benzene rings is 3. The summed E-state index contributed by atoms with van der Waals surface area (Å²) in [5.74, 6) is -0.979. The van der Waals surface area contributed by atoms with Gasteiger partial charge in [0.25, 0.3) is 0 Å². The van der Waals surface area contributed by atoms with Crippen molar-refractivity contribution in [1.29, 1.82) is 0 Å². The zero-order chi connectivity index (χ0) is 26.4. The third-order valence-corrected chi connectivity index (χ3v) is 11.0. The highest BCUT2D eigenvalue weighted by Crippen LogP contribution is 2.44. The largest absolute Gasteiger partial charge is 0.243 e. The van der Waals surface area contributed by atoms with E-state index in [-0.39, 0.29) is 41.3 Å². The molecule has 0 radical (unpaired) electrons. The van der Waals surface area contributed by atoms with Gasteiger partial charge in [0.15, 0.2) is 0 Å². The normalized spacial score (nSPS) is 23.1. The first-order valence-electron chi connectivity index (χ1n) is 12.1. The van der Waals surface area contributed by atoms with Crippen LogP contribution >= 0.6 is 0 Å². The van der Waals surface area contributed by atoms with Gasteiger partial charge in [0.1, 0.15) is 5.82 Å². The molecule has 194 valence electrons. The second-order valence-corrected chi connectivity index (χ2v) is 13.6. The second kappa shape index (κ2) is 9.79. The topological polar surface area (TPSA) is 74.8 Å². The molecule has 0 aromatic heterocycles. The standard InChI is InChI=1S/C28H29FN2O4S2/c1-20-5-13-25(14-6-20)36(32,33)30-18-23-4-3-17-31(37(34,35)26-15-7-21(2)8-16-26)28(27(23)19-30)22-9-11-24(29)12-10-22/h3-16,23,27-28H,17-19H2,1-2H3. The van der Waals surface area contributed by atoms with Gasteiger partial charge in [-0.3, -0.25) is 0 Å². The number of aryl methyl sites for hydroxylation is 2. The molecule has 0 bridgehead atoms. The van der Waals surface area contributed by atoms with Gasteiger partial charge in [-0.15, -0.1) is 0 Å². The van der Waals surface area contributed by atoms with Crippen LogP contribution in [0.5, 0.6) is 0 Å². The molecule has 2 aliphatic heterocycles. The van der Waals surface area contributed by atoms with E-state index in [4.69, 9.17) is 0 Å². The molecule has 5 rings (SSSR count). The van der Waals surface area contributed by atoms with Crippen LogP contribution in [0.4, 0.5) is 4.39 Å². The van der Waals surface area contributed by atoms with Gasteiger partial charge < -0.3 is 0 Å². The Morgan fingerprint density at radius 1 is 0.730 bits per heavy atom. The average molecular weight is 541 g/mol. The number of rotatable bonds is 5. The number of nitrogens with zero attached hydrogens (tertiary/aromatic N) is 2. The van der Waals surface area contributed by atoms with Gasteiger partial charge in [0.05, 0.1) is 15.8 Å². The van der Waals surface area contributed by atoms with Crippen molar-refractivity contribution in [1.82, 2.24) is 8.61 Å². The number of fused-ring (bicyclic) bond motifs is 1. The molecule has 0 spiro atoms. The lowest BCUT2D eigenvalue weighted by atomic mass is 9.85. The average Bonchev–Trinajstić information content (AvgIpc) is 3.21. The van der Waals surface area contributed by atoms with E-state index in [9.17, 15) is 21.2 Å². The van der Waals surface area contributed by atoms with Gasteiger partial charge >= 0.3 is 0 Å². The molecule has 3 aromatic rings. The molecule has 37 heavy (non-hydrogen) atoms. The Kier molecular flexibility index (Phi) is 6.83. The van der Waals surface area contributed by atoms with Gasteiger partial charge in [-0.25, -0.2) is 21.2 Å². The van der Waals surface area contributed by atoms with Crippen molar-refractivity contribution in [3.63, 3.8) is 0 Å². The lowest BCUT2D eigenvalue weighted by Crippen LogP contribution is -2.40. The van der Waals surface area contributed by atoms with Crippen LogP contribution in [0.15, 0.2) is 94.7 Å². The first kappa shape index (κ1) is 25.8. The van der Waals surface area contributed by atoms with Crippen molar-refractivity contribution < 1.29 is 21.2 Å². The fraction of sp³-hybridized carbons (Fsp3) is 0.286. The van der Waals surface area contributed by atoms with Crippen molar-refractivity contribution in [2.75, 3.05) is 19.6 Å². The summed E-state index contributed by atoms with van der Waals surface area (Å²) in [5, 5.41) is 0. The molecule has 1 saturated heterocycles. The quantitative estimate of drug-likeness (QED) is 0.441. The van der Waals surface area contributed by atoms with Crippen LogP contribution in [0.1, 0.15) is 22.7 Å². The van der Waals surface area contributed by atoms with E-state index in [0.29, 0.717) is 5.56 Å². The predicted octanol–water partition coefficient (Wildman–Crippen LogP) is 4.68. The van der Waals surface area contributed by atoms with Gasteiger partial charge in [-0.05, 0) is 61.7 Å². The van der Waals surface area contributed by atoms with Crippen LogP contribution in [0.25, 0.3) is 0 Å². The van der Waals surface area contributed by atoms with Gasteiger partial charge in [-0.1, -0.05) is 59.7 Å². The fourth-order valence-corrected chi connectivity index (χ4v) is 8.37. The zero-order valence-corrected chi connectivity index (χ0v) is 22.3. The number of hydrogen-bond acceptors (Lipinski definition) is 4. The predicted molar refractivity (Wildman–Crippen MR) is 140 cm³/mol. The maximum Gasteiger partial charge on any atom is 0.243 e. The SMILES string of the molecule is Cc1ccc(S(=O)(=O)N2CC3C=CCN(S(=O)(=O)c4ccc(C)cc4)C(c4ccc(F)cc4)C3C2)cc1. The minimum absolute atomic E-state index is 0.135. The van der Waals surface area contributed by atoms with Crippen LogP contribution in [0.2, 0.25) is 0 Å². The van der Waals surface area contributed by atoms with Crippen molar-refractivity contribution in [2.24, 2.45) is 11.8 Å². The minimum atomic E-state index is -3.94. The van der Waals surface area contributed by atoms with Crippen molar-refractivity contribution in [2.45, 2.75) is 29.7 Å². The molecule has 2 heterocycles. The molecular weight excluding hydrogens is 511 g/mol. The van der Waals surface area contributed by atoms with Crippen molar-refractivity contribution >= 4 is 20.0 Å². The Morgan fingerprint density at radius 3 is 1.84 bits per heavy atom. The summed E-state index contributed by atoms with van der Waals surface area (Å²) in [6.45, 7) is 4.31. The zero-order valence-electron chi connectivity index (χ0n) is 20.7. The molecule has 0 amide bonds. The lowest BCUT2D eigenvalue weighted by Gasteiger charge is -2.34. The summed E-state index contributed by atoms with van der Waals surface area (Å²) in [7, 11) is -7.71. The van der Waals surface area contributed by atoms with Gasteiger partial charge in [0, 0.05) is 25.6 Å². The Balaban J connectivity index is 1.57. The first-order valence-corrected chi connectivity index (χ1v) is 15.0. The number of halogens is 1. The molecule has 0 N–H and O–H groups in total. The Morgan fingerprint density at radius 2 is 1.27 bits per heavy atom. The molecule has 0 saturated carbocycles. The van der Waals surface area contributed by atoms with Crippen LogP contribution in [0.3, 0.4) is 0 Å². The van der Waals surface area contributed by atoms with Crippen LogP contribution in [0, 0.1) is 31.5 Å². The third-order valence-electron chi connectivity index (χ3n) is 7.26. The summed E-state index contributed by atoms with van der Waals surface area (Å²) >= 11 is 0. The highest BCUT2D eigenvalue weighted by Gasteiger charge is 2.47. The molecule has 0 aliphatic carbocycles. The first-order chi connectivity index (χ1) is 17.6. The van der Waals surface area contributed by atoms with Gasteiger partial charge in [-0.2, -0.15) is 8.61 Å². The van der Waals surface area contributed by atoms with Crippen LogP contribution < -0.4 is 0 Å². The van der Waals surface area contributed by atoms with Crippen LogP contribution in [-0.4, -0.2) is 45.1 Å². The third kappa shape index (κ3) is 4.88. The molecule has 2 aliphatic rings. The lowest BCUT2D eigenvalue weighted by molar-refractivity contribution is 0.247. The summed E-state index contributed by atoms with van der Waals surface area (Å²) < 4.78 is 71.6. The maximum atomic E-state index is 13.9. The van der Waals surface area contributed by atoms with E-state index in [2.05, 4.69) is 0 Å². The Hall–Kier alpha value is -2.85. The highest BCUT2D eigenvalue weighted by molar-refractivity contribution is 7.89. The maximum absolute atomic E-state index is 13.9. The van der Waals surface area contributed by atoms with Crippen LogP contribution in [-0.2, 0) is 20.0 Å². The molecule has 1 fully saturated rings. The van der Waals surface area contributed by atoms with E-state index >= 15 is 0 Å². The van der Waals surface area contributed by atoms with E-state index in [0.717, 1.165) is 11.1 Å². The molecule has 6 nitrogen and oxygen atoms in total. The minimum Gasteiger partial charge on any atom is -0.207 e. The fourth-order valence-electron chi connectivity index (χ4n) is 5.24. The molecule has 9 heteroatoms. The summed E-state index contributed by atoms with van der Waals surface area (Å²) in [6, 6.07) is 18.5. The van der Waals surface area contributed by atoms with Crippen molar-refractivity contribution in [3.8, 4) is 0 Å². The molecule has 3 unspecified atom stereocenters. The van der Waals surface area contributed by atoms with E-state index in [1.807, 2.05) is 19.9 Å².